The standard InChI is InChI=1S/C10H11BrINO/c1-7-6-8(11)2-3-9(7)10(14)13-5-4-12/h2-3,6H,4-5H2,1H3,(H,13,14). The first-order valence-corrected chi connectivity index (χ1v) is 6.57. The summed E-state index contributed by atoms with van der Waals surface area (Å²) in [6.07, 6.45) is 0. The molecular formula is C10H11BrINO. The number of nitrogens with one attached hydrogen (secondary N) is 1. The van der Waals surface area contributed by atoms with E-state index in [0.717, 1.165) is 26.6 Å². The molecule has 0 heterocycles. The zero-order valence-corrected chi connectivity index (χ0v) is 11.6. The molecule has 4 heteroatoms. The normalized spacial score (nSPS) is 9.93. The molecule has 0 aliphatic heterocycles. The van der Waals surface area contributed by atoms with E-state index in [9.17, 15) is 4.79 Å². The van der Waals surface area contributed by atoms with Crippen LogP contribution in [0.15, 0.2) is 22.7 Å². The van der Waals surface area contributed by atoms with Crippen LogP contribution in [0.4, 0.5) is 0 Å². The summed E-state index contributed by atoms with van der Waals surface area (Å²) in [4.78, 5) is 11.6. The van der Waals surface area contributed by atoms with Gasteiger partial charge < -0.3 is 5.32 Å². The van der Waals surface area contributed by atoms with Crippen LogP contribution < -0.4 is 5.32 Å². The monoisotopic (exact) mass is 367 g/mol. The summed E-state index contributed by atoms with van der Waals surface area (Å²) < 4.78 is 1.93. The number of carbonyl (C=O) groups excluding carboxylic acids is 1. The van der Waals surface area contributed by atoms with Crippen LogP contribution in [0.25, 0.3) is 0 Å². The fourth-order valence-electron chi connectivity index (χ4n) is 1.14. The van der Waals surface area contributed by atoms with Crippen LogP contribution in [-0.2, 0) is 0 Å². The molecule has 1 amide bonds. The van der Waals surface area contributed by atoms with Crippen molar-refractivity contribution in [3.05, 3.63) is 33.8 Å². The fourth-order valence-corrected chi connectivity index (χ4v) is 1.88. The van der Waals surface area contributed by atoms with Crippen LogP contribution in [0, 0.1) is 6.92 Å². The van der Waals surface area contributed by atoms with Gasteiger partial charge in [-0.25, -0.2) is 0 Å². The van der Waals surface area contributed by atoms with E-state index in [0.29, 0.717) is 0 Å². The molecule has 0 aliphatic rings. The van der Waals surface area contributed by atoms with Gasteiger partial charge in [-0.05, 0) is 30.7 Å². The molecule has 0 spiro atoms. The Labute approximate surface area is 106 Å². The van der Waals surface area contributed by atoms with Gasteiger partial charge in [0.15, 0.2) is 0 Å². The van der Waals surface area contributed by atoms with Crippen molar-refractivity contribution in [2.24, 2.45) is 0 Å². The molecule has 14 heavy (non-hydrogen) atoms. The molecular weight excluding hydrogens is 357 g/mol. The van der Waals surface area contributed by atoms with Gasteiger partial charge in [0.1, 0.15) is 0 Å². The number of benzene rings is 1. The van der Waals surface area contributed by atoms with E-state index >= 15 is 0 Å². The maximum atomic E-state index is 11.6. The first-order valence-electron chi connectivity index (χ1n) is 4.25. The van der Waals surface area contributed by atoms with E-state index in [4.69, 9.17) is 0 Å². The van der Waals surface area contributed by atoms with Crippen LogP contribution in [0.3, 0.4) is 0 Å². The summed E-state index contributed by atoms with van der Waals surface area (Å²) >= 11 is 5.60. The topological polar surface area (TPSA) is 29.1 Å². The molecule has 0 saturated carbocycles. The van der Waals surface area contributed by atoms with Crippen molar-refractivity contribution in [2.75, 3.05) is 11.0 Å². The van der Waals surface area contributed by atoms with Crippen LogP contribution in [0.5, 0.6) is 0 Å². The van der Waals surface area contributed by atoms with Crippen molar-refractivity contribution in [3.63, 3.8) is 0 Å². The molecule has 0 atom stereocenters. The maximum absolute atomic E-state index is 11.6. The molecule has 1 aromatic rings. The number of aryl methyl sites for hydroxylation is 1. The van der Waals surface area contributed by atoms with Gasteiger partial charge in [-0.15, -0.1) is 0 Å². The smallest absolute Gasteiger partial charge is 0.251 e. The highest BCUT2D eigenvalue weighted by atomic mass is 127. The third-order valence-corrected chi connectivity index (χ3v) is 2.85. The zero-order valence-electron chi connectivity index (χ0n) is 7.81. The minimum Gasteiger partial charge on any atom is -0.351 e. The molecule has 0 saturated heterocycles. The molecule has 0 fully saturated rings. The lowest BCUT2D eigenvalue weighted by Crippen LogP contribution is -2.25. The number of amides is 1. The largest absolute Gasteiger partial charge is 0.351 e. The lowest BCUT2D eigenvalue weighted by Gasteiger charge is -2.06. The van der Waals surface area contributed by atoms with Gasteiger partial charge in [-0.3, -0.25) is 4.79 Å². The second kappa shape index (κ2) is 5.70. The first-order chi connectivity index (χ1) is 6.65. The van der Waals surface area contributed by atoms with Gasteiger partial charge in [0.05, 0.1) is 0 Å². The molecule has 1 N–H and O–H groups in total. The van der Waals surface area contributed by atoms with Gasteiger partial charge in [0, 0.05) is 21.0 Å². The summed E-state index contributed by atoms with van der Waals surface area (Å²) in [6.45, 7) is 2.65. The number of alkyl halides is 1. The summed E-state index contributed by atoms with van der Waals surface area (Å²) in [5.41, 5.74) is 1.74. The summed E-state index contributed by atoms with van der Waals surface area (Å²) in [5.74, 6) is 0.00617. The Morgan fingerprint density at radius 2 is 2.29 bits per heavy atom. The molecule has 2 nitrogen and oxygen atoms in total. The van der Waals surface area contributed by atoms with Gasteiger partial charge in [-0.2, -0.15) is 0 Å². The van der Waals surface area contributed by atoms with Crippen molar-refractivity contribution in [3.8, 4) is 0 Å². The Morgan fingerprint density at radius 1 is 1.57 bits per heavy atom. The van der Waals surface area contributed by atoms with E-state index in [1.807, 2.05) is 25.1 Å². The van der Waals surface area contributed by atoms with Crippen LogP contribution in [0.1, 0.15) is 15.9 Å². The van der Waals surface area contributed by atoms with E-state index in [-0.39, 0.29) is 5.91 Å². The Kier molecular flexibility index (Phi) is 4.88. The number of rotatable bonds is 3. The highest BCUT2D eigenvalue weighted by molar-refractivity contribution is 14.1. The van der Waals surface area contributed by atoms with Crippen molar-refractivity contribution >= 4 is 44.4 Å². The van der Waals surface area contributed by atoms with Gasteiger partial charge in [0.2, 0.25) is 0 Å². The van der Waals surface area contributed by atoms with Crippen molar-refractivity contribution in [1.29, 1.82) is 0 Å². The molecule has 0 unspecified atom stereocenters. The van der Waals surface area contributed by atoms with Crippen LogP contribution >= 0.6 is 38.5 Å². The first kappa shape index (κ1) is 12.0. The number of halogens is 2. The van der Waals surface area contributed by atoms with E-state index in [1.165, 1.54) is 0 Å². The van der Waals surface area contributed by atoms with E-state index < -0.39 is 0 Å². The van der Waals surface area contributed by atoms with Crippen molar-refractivity contribution in [1.82, 2.24) is 5.32 Å². The summed E-state index contributed by atoms with van der Waals surface area (Å²) in [5, 5.41) is 2.85. The summed E-state index contributed by atoms with van der Waals surface area (Å²) in [6, 6.07) is 5.66. The number of hydrogen-bond acceptors (Lipinski definition) is 1. The fraction of sp³-hybridized carbons (Fsp3) is 0.300. The van der Waals surface area contributed by atoms with Crippen molar-refractivity contribution in [2.45, 2.75) is 6.92 Å². The third-order valence-electron chi connectivity index (χ3n) is 1.81. The SMILES string of the molecule is Cc1cc(Br)ccc1C(=O)NCCI. The lowest BCUT2D eigenvalue weighted by atomic mass is 10.1. The third kappa shape index (κ3) is 3.24. The Morgan fingerprint density at radius 3 is 2.86 bits per heavy atom. The van der Waals surface area contributed by atoms with E-state index in [2.05, 4.69) is 43.8 Å². The molecule has 76 valence electrons. The Balaban J connectivity index is 2.80. The lowest BCUT2D eigenvalue weighted by molar-refractivity contribution is 0.0956. The number of hydrogen-bond donors (Lipinski definition) is 1. The molecule has 0 bridgehead atoms. The van der Waals surface area contributed by atoms with Crippen LogP contribution in [0.2, 0.25) is 0 Å². The number of carbonyl (C=O) groups is 1. The quantitative estimate of drug-likeness (QED) is 0.646. The molecule has 0 aliphatic carbocycles. The van der Waals surface area contributed by atoms with Gasteiger partial charge in [0.25, 0.3) is 5.91 Å². The molecule has 0 aromatic heterocycles. The second-order valence-corrected chi connectivity index (χ2v) is 4.90. The second-order valence-electron chi connectivity index (χ2n) is 2.90. The highest BCUT2D eigenvalue weighted by Crippen LogP contribution is 2.15. The summed E-state index contributed by atoms with van der Waals surface area (Å²) in [7, 11) is 0. The Hall–Kier alpha value is -0.100. The molecule has 1 rings (SSSR count). The Bertz CT molecular complexity index is 341. The zero-order chi connectivity index (χ0) is 10.6. The predicted molar refractivity (Wildman–Crippen MR) is 70.1 cm³/mol. The average Bonchev–Trinajstić information content (AvgIpc) is 2.14. The van der Waals surface area contributed by atoms with Gasteiger partial charge in [-0.1, -0.05) is 38.5 Å². The minimum atomic E-state index is 0.00617. The van der Waals surface area contributed by atoms with E-state index in [1.54, 1.807) is 0 Å². The molecule has 0 radical (unpaired) electrons. The van der Waals surface area contributed by atoms with Gasteiger partial charge >= 0.3 is 0 Å². The van der Waals surface area contributed by atoms with Crippen LogP contribution in [-0.4, -0.2) is 16.9 Å². The molecule has 1 aromatic carbocycles. The maximum Gasteiger partial charge on any atom is 0.251 e. The predicted octanol–water partition coefficient (Wildman–Crippen LogP) is 2.92. The van der Waals surface area contributed by atoms with Crippen molar-refractivity contribution < 1.29 is 4.79 Å². The average molecular weight is 368 g/mol. The minimum absolute atomic E-state index is 0.00617. The highest BCUT2D eigenvalue weighted by Gasteiger charge is 2.07.